The second-order valence-corrected chi connectivity index (χ2v) is 3.67. The number of hydrogen-bond acceptors (Lipinski definition) is 7. The third-order valence-electron chi connectivity index (χ3n) is 2.47. The van der Waals surface area contributed by atoms with Gasteiger partial charge in [-0.3, -0.25) is 4.79 Å². The molecule has 1 heterocycles. The van der Waals surface area contributed by atoms with Crippen LogP contribution >= 0.6 is 0 Å². The van der Waals surface area contributed by atoms with Crippen molar-refractivity contribution in [1.29, 1.82) is 0 Å². The Morgan fingerprint density at radius 3 is 2.40 bits per heavy atom. The van der Waals surface area contributed by atoms with Crippen molar-refractivity contribution in [3.63, 3.8) is 0 Å². The summed E-state index contributed by atoms with van der Waals surface area (Å²) in [5, 5.41) is 0. The lowest BCUT2D eigenvalue weighted by molar-refractivity contribution is -0.142. The Morgan fingerprint density at radius 1 is 1.20 bits per heavy atom. The summed E-state index contributed by atoms with van der Waals surface area (Å²) in [7, 11) is 4.08. The molecular weight excluding hydrogens is 266 g/mol. The zero-order chi connectivity index (χ0) is 15.1. The SMILES string of the molecule is CCOC(=O)Cc1nc(OC)c(OC)cc1C(=O)OC. The summed E-state index contributed by atoms with van der Waals surface area (Å²) in [6.07, 6.45) is -0.154. The van der Waals surface area contributed by atoms with Gasteiger partial charge in [-0.25, -0.2) is 9.78 Å². The molecule has 0 aliphatic heterocycles. The van der Waals surface area contributed by atoms with Gasteiger partial charge in [0, 0.05) is 6.07 Å². The molecule has 0 amide bonds. The molecule has 0 N–H and O–H groups in total. The summed E-state index contributed by atoms with van der Waals surface area (Å²) < 4.78 is 19.6. The third-order valence-corrected chi connectivity index (χ3v) is 2.47. The predicted octanol–water partition coefficient (Wildman–Crippen LogP) is 0.991. The Balaban J connectivity index is 3.23. The third kappa shape index (κ3) is 3.59. The van der Waals surface area contributed by atoms with Crippen LogP contribution in [0.15, 0.2) is 6.07 Å². The molecule has 0 aromatic carbocycles. The lowest BCUT2D eigenvalue weighted by atomic mass is 10.1. The van der Waals surface area contributed by atoms with Gasteiger partial charge in [-0.05, 0) is 6.92 Å². The molecule has 1 rings (SSSR count). The van der Waals surface area contributed by atoms with Crippen LogP contribution in [0.5, 0.6) is 11.6 Å². The van der Waals surface area contributed by atoms with Gasteiger partial charge < -0.3 is 18.9 Å². The minimum atomic E-state index is -0.613. The van der Waals surface area contributed by atoms with Gasteiger partial charge in [0.2, 0.25) is 0 Å². The molecule has 7 nitrogen and oxygen atoms in total. The summed E-state index contributed by atoms with van der Waals surface area (Å²) in [5.74, 6) is -0.643. The number of ether oxygens (including phenoxy) is 4. The topological polar surface area (TPSA) is 84.0 Å². The van der Waals surface area contributed by atoms with Crippen molar-refractivity contribution >= 4 is 11.9 Å². The molecule has 0 aliphatic carbocycles. The average Bonchev–Trinajstić information content (AvgIpc) is 2.46. The van der Waals surface area contributed by atoms with E-state index in [1.54, 1.807) is 6.92 Å². The van der Waals surface area contributed by atoms with Crippen LogP contribution in [0.2, 0.25) is 0 Å². The Bertz CT molecular complexity index is 500. The van der Waals surface area contributed by atoms with Gasteiger partial charge in [0.05, 0.1) is 45.6 Å². The Kier molecular flexibility index (Phi) is 5.76. The molecule has 7 heteroatoms. The summed E-state index contributed by atoms with van der Waals surface area (Å²) in [5.41, 5.74) is 0.353. The molecule has 0 saturated carbocycles. The van der Waals surface area contributed by atoms with Crippen LogP contribution in [0.3, 0.4) is 0 Å². The van der Waals surface area contributed by atoms with E-state index in [2.05, 4.69) is 9.72 Å². The molecule has 0 bridgehead atoms. The molecule has 0 saturated heterocycles. The first-order chi connectivity index (χ1) is 9.57. The number of rotatable bonds is 6. The summed E-state index contributed by atoms with van der Waals surface area (Å²) in [6.45, 7) is 1.95. The first-order valence-corrected chi connectivity index (χ1v) is 5.93. The van der Waals surface area contributed by atoms with Gasteiger partial charge in [-0.15, -0.1) is 0 Å². The number of hydrogen-bond donors (Lipinski definition) is 0. The van der Waals surface area contributed by atoms with E-state index in [0.717, 1.165) is 0 Å². The maximum Gasteiger partial charge on any atom is 0.339 e. The van der Waals surface area contributed by atoms with E-state index in [1.807, 2.05) is 0 Å². The van der Waals surface area contributed by atoms with Crippen molar-refractivity contribution < 1.29 is 28.5 Å². The van der Waals surface area contributed by atoms with E-state index in [-0.39, 0.29) is 35.9 Å². The van der Waals surface area contributed by atoms with E-state index in [0.29, 0.717) is 0 Å². The minimum absolute atomic E-state index is 0.137. The number of pyridine rings is 1. The molecule has 110 valence electrons. The highest BCUT2D eigenvalue weighted by atomic mass is 16.5. The van der Waals surface area contributed by atoms with Gasteiger partial charge in [-0.2, -0.15) is 0 Å². The minimum Gasteiger partial charge on any atom is -0.491 e. The van der Waals surface area contributed by atoms with Gasteiger partial charge in [0.25, 0.3) is 5.88 Å². The van der Waals surface area contributed by atoms with E-state index in [1.165, 1.54) is 27.4 Å². The van der Waals surface area contributed by atoms with Crippen molar-refractivity contribution in [3.8, 4) is 11.6 Å². The molecule has 1 aromatic rings. The summed E-state index contributed by atoms with van der Waals surface area (Å²) >= 11 is 0. The second kappa shape index (κ2) is 7.32. The number of carbonyl (C=O) groups excluding carboxylic acids is 2. The van der Waals surface area contributed by atoms with Gasteiger partial charge >= 0.3 is 11.9 Å². The molecule has 0 unspecified atom stereocenters. The first kappa shape index (κ1) is 15.7. The number of aromatic nitrogens is 1. The fourth-order valence-corrected chi connectivity index (χ4v) is 1.58. The van der Waals surface area contributed by atoms with E-state index < -0.39 is 11.9 Å². The van der Waals surface area contributed by atoms with Crippen LogP contribution in [0.4, 0.5) is 0 Å². The Hall–Kier alpha value is -2.31. The number of methoxy groups -OCH3 is 3. The van der Waals surface area contributed by atoms with E-state index >= 15 is 0 Å². The van der Waals surface area contributed by atoms with Crippen molar-refractivity contribution in [2.75, 3.05) is 27.9 Å². The normalized spacial score (nSPS) is 9.80. The molecule has 0 radical (unpaired) electrons. The largest absolute Gasteiger partial charge is 0.491 e. The first-order valence-electron chi connectivity index (χ1n) is 5.93. The standard InChI is InChI=1S/C13H17NO6/c1-5-20-11(15)7-9-8(13(16)19-4)6-10(17-2)12(14-9)18-3/h6H,5,7H2,1-4H3. The van der Waals surface area contributed by atoms with Crippen LogP contribution < -0.4 is 9.47 Å². The molecule has 0 spiro atoms. The van der Waals surface area contributed by atoms with Crippen molar-refractivity contribution in [1.82, 2.24) is 4.98 Å². The average molecular weight is 283 g/mol. The molecular formula is C13H17NO6. The van der Waals surface area contributed by atoms with Crippen molar-refractivity contribution in [3.05, 3.63) is 17.3 Å². The number of carbonyl (C=O) groups is 2. The van der Waals surface area contributed by atoms with Crippen LogP contribution in [-0.4, -0.2) is 44.9 Å². The zero-order valence-electron chi connectivity index (χ0n) is 11.9. The Morgan fingerprint density at radius 2 is 1.90 bits per heavy atom. The van der Waals surface area contributed by atoms with Gasteiger partial charge in [-0.1, -0.05) is 0 Å². The highest BCUT2D eigenvalue weighted by Crippen LogP contribution is 2.27. The van der Waals surface area contributed by atoms with Crippen LogP contribution in [0.25, 0.3) is 0 Å². The van der Waals surface area contributed by atoms with Crippen molar-refractivity contribution in [2.45, 2.75) is 13.3 Å². The monoisotopic (exact) mass is 283 g/mol. The molecule has 1 aromatic heterocycles. The van der Waals surface area contributed by atoms with Gasteiger partial charge in [0.15, 0.2) is 5.75 Å². The fraction of sp³-hybridized carbons (Fsp3) is 0.462. The van der Waals surface area contributed by atoms with E-state index in [4.69, 9.17) is 14.2 Å². The molecule has 0 fully saturated rings. The predicted molar refractivity (Wildman–Crippen MR) is 69.0 cm³/mol. The van der Waals surface area contributed by atoms with Crippen LogP contribution in [-0.2, 0) is 20.7 Å². The highest BCUT2D eigenvalue weighted by molar-refractivity contribution is 5.92. The lowest BCUT2D eigenvalue weighted by Crippen LogP contribution is -2.15. The van der Waals surface area contributed by atoms with Crippen molar-refractivity contribution in [2.24, 2.45) is 0 Å². The fourth-order valence-electron chi connectivity index (χ4n) is 1.58. The van der Waals surface area contributed by atoms with Gasteiger partial charge in [0.1, 0.15) is 0 Å². The smallest absolute Gasteiger partial charge is 0.339 e. The molecule has 20 heavy (non-hydrogen) atoms. The summed E-state index contributed by atoms with van der Waals surface area (Å²) in [6, 6.07) is 1.42. The lowest BCUT2D eigenvalue weighted by Gasteiger charge is -2.12. The van der Waals surface area contributed by atoms with Crippen LogP contribution in [0, 0.1) is 0 Å². The number of nitrogens with zero attached hydrogens (tertiary/aromatic N) is 1. The number of esters is 2. The maximum atomic E-state index is 11.7. The Labute approximate surface area is 116 Å². The highest BCUT2D eigenvalue weighted by Gasteiger charge is 2.21. The van der Waals surface area contributed by atoms with E-state index in [9.17, 15) is 9.59 Å². The second-order valence-electron chi connectivity index (χ2n) is 3.67. The molecule has 0 aliphatic rings. The van der Waals surface area contributed by atoms with Crippen LogP contribution in [0.1, 0.15) is 23.0 Å². The summed E-state index contributed by atoms with van der Waals surface area (Å²) in [4.78, 5) is 27.4. The zero-order valence-corrected chi connectivity index (χ0v) is 11.9. The quantitative estimate of drug-likeness (QED) is 0.720. The molecule has 0 atom stereocenters. The maximum absolute atomic E-state index is 11.7.